The second kappa shape index (κ2) is 4.34. The number of hydrogen-bond donors (Lipinski definition) is 0. The summed E-state index contributed by atoms with van der Waals surface area (Å²) in [6.07, 6.45) is 5.54. The average Bonchev–Trinajstić information content (AvgIpc) is 3.11. The summed E-state index contributed by atoms with van der Waals surface area (Å²) in [6, 6.07) is 8.10. The molecule has 0 aliphatic heterocycles. The SMILES string of the molecule is CCn1c(C2C3CCCCC32)nc2cc(C#N)ccc21. The van der Waals surface area contributed by atoms with E-state index in [2.05, 4.69) is 23.6 Å². The monoisotopic (exact) mass is 265 g/mol. The summed E-state index contributed by atoms with van der Waals surface area (Å²) in [5.74, 6) is 3.70. The van der Waals surface area contributed by atoms with Crippen molar-refractivity contribution in [1.29, 1.82) is 5.26 Å². The fourth-order valence-corrected chi connectivity index (χ4v) is 4.18. The molecule has 0 bridgehead atoms. The van der Waals surface area contributed by atoms with Crippen molar-refractivity contribution >= 4 is 11.0 Å². The number of aromatic nitrogens is 2. The molecule has 2 atom stereocenters. The zero-order valence-corrected chi connectivity index (χ0v) is 11.8. The molecule has 0 N–H and O–H groups in total. The molecule has 4 rings (SSSR count). The summed E-state index contributed by atoms with van der Waals surface area (Å²) in [4.78, 5) is 4.89. The van der Waals surface area contributed by atoms with Gasteiger partial charge in [0.25, 0.3) is 0 Å². The Morgan fingerprint density at radius 3 is 2.70 bits per heavy atom. The third-order valence-corrected chi connectivity index (χ3v) is 5.18. The summed E-state index contributed by atoms with van der Waals surface area (Å²) in [7, 11) is 0. The molecule has 2 unspecified atom stereocenters. The minimum atomic E-state index is 0.676. The van der Waals surface area contributed by atoms with E-state index in [1.54, 1.807) is 0 Å². The lowest BCUT2D eigenvalue weighted by Gasteiger charge is -2.05. The first-order chi connectivity index (χ1) is 9.83. The van der Waals surface area contributed by atoms with Crippen LogP contribution in [0.15, 0.2) is 18.2 Å². The second-order valence-electron chi connectivity index (χ2n) is 6.17. The Morgan fingerprint density at radius 2 is 2.05 bits per heavy atom. The summed E-state index contributed by atoms with van der Waals surface area (Å²) in [6.45, 7) is 3.16. The third kappa shape index (κ3) is 1.61. The molecule has 102 valence electrons. The highest BCUT2D eigenvalue weighted by molar-refractivity contribution is 5.78. The molecular formula is C17H19N3. The van der Waals surface area contributed by atoms with Crippen LogP contribution in [0, 0.1) is 23.2 Å². The molecule has 3 heteroatoms. The van der Waals surface area contributed by atoms with Gasteiger partial charge in [-0.05, 0) is 49.8 Å². The van der Waals surface area contributed by atoms with Crippen molar-refractivity contribution in [3.63, 3.8) is 0 Å². The molecule has 2 aliphatic rings. The van der Waals surface area contributed by atoms with Gasteiger partial charge >= 0.3 is 0 Å². The van der Waals surface area contributed by atoms with Crippen LogP contribution in [0.25, 0.3) is 11.0 Å². The molecular weight excluding hydrogens is 246 g/mol. The number of rotatable bonds is 2. The zero-order chi connectivity index (χ0) is 13.7. The van der Waals surface area contributed by atoms with E-state index < -0.39 is 0 Å². The van der Waals surface area contributed by atoms with Gasteiger partial charge in [0, 0.05) is 12.5 Å². The van der Waals surface area contributed by atoms with E-state index in [4.69, 9.17) is 10.2 Å². The molecule has 20 heavy (non-hydrogen) atoms. The molecule has 2 saturated carbocycles. The van der Waals surface area contributed by atoms with E-state index >= 15 is 0 Å². The van der Waals surface area contributed by atoms with Gasteiger partial charge in [-0.3, -0.25) is 0 Å². The van der Waals surface area contributed by atoms with Gasteiger partial charge in [0.05, 0.1) is 22.7 Å². The highest BCUT2D eigenvalue weighted by Gasteiger charge is 2.53. The maximum atomic E-state index is 9.04. The fraction of sp³-hybridized carbons (Fsp3) is 0.529. The lowest BCUT2D eigenvalue weighted by Crippen LogP contribution is -2.01. The first kappa shape index (κ1) is 12.0. The molecule has 1 aromatic heterocycles. The summed E-state index contributed by atoms with van der Waals surface area (Å²) < 4.78 is 2.36. The quantitative estimate of drug-likeness (QED) is 0.828. The summed E-state index contributed by atoms with van der Waals surface area (Å²) >= 11 is 0. The highest BCUT2D eigenvalue weighted by atomic mass is 15.1. The Morgan fingerprint density at radius 1 is 1.30 bits per heavy atom. The second-order valence-corrected chi connectivity index (χ2v) is 6.17. The van der Waals surface area contributed by atoms with Crippen LogP contribution in [0.4, 0.5) is 0 Å². The number of aryl methyl sites for hydroxylation is 1. The Bertz CT molecular complexity index is 695. The number of hydrogen-bond acceptors (Lipinski definition) is 2. The van der Waals surface area contributed by atoms with Crippen LogP contribution >= 0.6 is 0 Å². The molecule has 2 fully saturated rings. The van der Waals surface area contributed by atoms with Gasteiger partial charge < -0.3 is 4.57 Å². The smallest absolute Gasteiger partial charge is 0.113 e. The van der Waals surface area contributed by atoms with Crippen molar-refractivity contribution in [1.82, 2.24) is 9.55 Å². The molecule has 2 aromatic rings. The van der Waals surface area contributed by atoms with Gasteiger partial charge in [-0.1, -0.05) is 12.8 Å². The number of nitriles is 1. The predicted octanol–water partition coefficient (Wildman–Crippen LogP) is 3.83. The molecule has 3 nitrogen and oxygen atoms in total. The molecule has 0 amide bonds. The average molecular weight is 265 g/mol. The molecule has 0 saturated heterocycles. The van der Waals surface area contributed by atoms with Gasteiger partial charge in [-0.15, -0.1) is 0 Å². The predicted molar refractivity (Wildman–Crippen MR) is 78.3 cm³/mol. The van der Waals surface area contributed by atoms with Gasteiger partial charge in [-0.25, -0.2) is 4.98 Å². The van der Waals surface area contributed by atoms with E-state index in [0.29, 0.717) is 11.5 Å². The minimum absolute atomic E-state index is 0.676. The molecule has 2 aliphatic carbocycles. The molecule has 0 radical (unpaired) electrons. The van der Waals surface area contributed by atoms with E-state index in [1.807, 2.05) is 12.1 Å². The van der Waals surface area contributed by atoms with Crippen molar-refractivity contribution < 1.29 is 0 Å². The van der Waals surface area contributed by atoms with Crippen molar-refractivity contribution in [2.75, 3.05) is 0 Å². The van der Waals surface area contributed by atoms with E-state index in [0.717, 1.165) is 23.9 Å². The Labute approximate surface area is 119 Å². The normalized spacial score (nSPS) is 28.1. The number of benzene rings is 1. The first-order valence-corrected chi connectivity index (χ1v) is 7.73. The fourth-order valence-electron chi connectivity index (χ4n) is 4.18. The highest BCUT2D eigenvalue weighted by Crippen LogP contribution is 2.61. The standard InChI is InChI=1S/C17H19N3/c1-2-20-15-8-7-11(10-18)9-14(15)19-17(20)16-12-5-3-4-6-13(12)16/h7-9,12-13,16H,2-6H2,1H3. The van der Waals surface area contributed by atoms with Crippen LogP contribution in [0.3, 0.4) is 0 Å². The van der Waals surface area contributed by atoms with Crippen LogP contribution in [0.5, 0.6) is 0 Å². The van der Waals surface area contributed by atoms with Crippen LogP contribution in [0.1, 0.15) is 49.9 Å². The molecule has 0 spiro atoms. The number of nitrogens with zero attached hydrogens (tertiary/aromatic N) is 3. The van der Waals surface area contributed by atoms with Crippen molar-refractivity contribution in [3.8, 4) is 6.07 Å². The Kier molecular flexibility index (Phi) is 2.60. The van der Waals surface area contributed by atoms with Crippen molar-refractivity contribution in [3.05, 3.63) is 29.6 Å². The van der Waals surface area contributed by atoms with Crippen molar-refractivity contribution in [2.24, 2.45) is 11.8 Å². The topological polar surface area (TPSA) is 41.6 Å². The van der Waals surface area contributed by atoms with Gasteiger partial charge in [0.15, 0.2) is 0 Å². The number of fused-ring (bicyclic) bond motifs is 2. The first-order valence-electron chi connectivity index (χ1n) is 7.73. The van der Waals surface area contributed by atoms with Gasteiger partial charge in [0.2, 0.25) is 0 Å². The molecule has 1 aromatic carbocycles. The van der Waals surface area contributed by atoms with Crippen LogP contribution in [0.2, 0.25) is 0 Å². The Balaban J connectivity index is 1.81. The van der Waals surface area contributed by atoms with Crippen LogP contribution in [-0.2, 0) is 6.54 Å². The lowest BCUT2D eigenvalue weighted by molar-refractivity contribution is 0.480. The van der Waals surface area contributed by atoms with Gasteiger partial charge in [0.1, 0.15) is 5.82 Å². The van der Waals surface area contributed by atoms with Crippen LogP contribution < -0.4 is 0 Å². The lowest BCUT2D eigenvalue weighted by atomic mass is 10.0. The van der Waals surface area contributed by atoms with E-state index in [-0.39, 0.29) is 0 Å². The minimum Gasteiger partial charge on any atom is -0.328 e. The maximum absolute atomic E-state index is 9.04. The van der Waals surface area contributed by atoms with Gasteiger partial charge in [-0.2, -0.15) is 5.26 Å². The van der Waals surface area contributed by atoms with Crippen LogP contribution in [-0.4, -0.2) is 9.55 Å². The van der Waals surface area contributed by atoms with E-state index in [9.17, 15) is 0 Å². The van der Waals surface area contributed by atoms with Crippen molar-refractivity contribution in [2.45, 2.75) is 45.1 Å². The zero-order valence-electron chi connectivity index (χ0n) is 11.8. The summed E-state index contributed by atoms with van der Waals surface area (Å²) in [5, 5.41) is 9.04. The van der Waals surface area contributed by atoms with E-state index in [1.165, 1.54) is 37.0 Å². The third-order valence-electron chi connectivity index (χ3n) is 5.18. The number of imidazole rings is 1. The molecule has 1 heterocycles. The Hall–Kier alpha value is -1.82. The maximum Gasteiger partial charge on any atom is 0.113 e. The summed E-state index contributed by atoms with van der Waals surface area (Å²) in [5.41, 5.74) is 2.88. The largest absolute Gasteiger partial charge is 0.328 e.